The molecule has 0 radical (unpaired) electrons. The largest absolute Gasteiger partial charge is 0.392 e. The van der Waals surface area contributed by atoms with Gasteiger partial charge in [-0.2, -0.15) is 0 Å². The number of rotatable bonds is 7. The lowest BCUT2D eigenvalue weighted by Gasteiger charge is -2.01. The van der Waals surface area contributed by atoms with E-state index in [0.29, 0.717) is 0 Å². The summed E-state index contributed by atoms with van der Waals surface area (Å²) in [6.45, 7) is 8.61. The molecule has 1 N–H and O–H groups in total. The fourth-order valence-electron chi connectivity index (χ4n) is 1.40. The highest BCUT2D eigenvalue weighted by Crippen LogP contribution is 2.10. The van der Waals surface area contributed by atoms with Crippen molar-refractivity contribution in [2.24, 2.45) is 0 Å². The van der Waals surface area contributed by atoms with Gasteiger partial charge in [0.2, 0.25) is 0 Å². The second-order valence-corrected chi connectivity index (χ2v) is 4.47. The van der Waals surface area contributed by atoms with Crippen LogP contribution in [0, 0.1) is 0 Å². The predicted octanol–water partition coefficient (Wildman–Crippen LogP) is 4.40. The Morgan fingerprint density at radius 1 is 0.875 bits per heavy atom. The maximum atomic E-state index is 8.84. The van der Waals surface area contributed by atoms with E-state index in [1.165, 1.54) is 17.6 Å². The molecule has 0 spiro atoms. The quantitative estimate of drug-likeness (QED) is 0.633. The molecule has 0 amide bonds. The molecular weight excluding hydrogens is 196 g/mol. The molecule has 0 atom stereocenters. The Bertz CT molecular complexity index is 269. The Labute approximate surface area is 101 Å². The zero-order valence-electron chi connectivity index (χ0n) is 11.2. The van der Waals surface area contributed by atoms with E-state index in [2.05, 4.69) is 39.0 Å². The van der Waals surface area contributed by atoms with Gasteiger partial charge in [0.15, 0.2) is 0 Å². The predicted molar refractivity (Wildman–Crippen MR) is 72.5 cm³/mol. The monoisotopic (exact) mass is 222 g/mol. The molecule has 0 saturated carbocycles. The van der Waals surface area contributed by atoms with Gasteiger partial charge in [-0.25, -0.2) is 0 Å². The molecule has 0 aliphatic rings. The van der Waals surface area contributed by atoms with Crippen LogP contribution in [0.5, 0.6) is 0 Å². The summed E-state index contributed by atoms with van der Waals surface area (Å²) in [6.07, 6.45) is 11.1. The normalized spacial score (nSPS) is 14.4. The molecule has 16 heavy (non-hydrogen) atoms. The summed E-state index contributed by atoms with van der Waals surface area (Å²) in [5.74, 6) is 0. The van der Waals surface area contributed by atoms with Crippen LogP contribution >= 0.6 is 0 Å². The maximum Gasteiger partial charge on any atom is 0.0639 e. The van der Waals surface area contributed by atoms with Gasteiger partial charge >= 0.3 is 0 Å². The van der Waals surface area contributed by atoms with Crippen molar-refractivity contribution in [1.29, 1.82) is 0 Å². The van der Waals surface area contributed by atoms with Crippen LogP contribution in [-0.4, -0.2) is 11.7 Å². The number of aliphatic hydroxyl groups is 1. The SMILES string of the molecule is CC=C(C)CCC=C(C)CCC=C(C)CO. The third kappa shape index (κ3) is 8.49. The van der Waals surface area contributed by atoms with E-state index in [0.717, 1.165) is 24.8 Å². The van der Waals surface area contributed by atoms with E-state index < -0.39 is 0 Å². The van der Waals surface area contributed by atoms with Crippen LogP contribution in [0.4, 0.5) is 0 Å². The third-order valence-electron chi connectivity index (χ3n) is 2.81. The number of aliphatic hydroxyl groups excluding tert-OH is 1. The average molecular weight is 222 g/mol. The fourth-order valence-corrected chi connectivity index (χ4v) is 1.40. The van der Waals surface area contributed by atoms with E-state index in [4.69, 9.17) is 5.11 Å². The van der Waals surface area contributed by atoms with Crippen molar-refractivity contribution in [3.63, 3.8) is 0 Å². The minimum Gasteiger partial charge on any atom is -0.392 e. The van der Waals surface area contributed by atoms with Crippen LogP contribution in [0.15, 0.2) is 34.9 Å². The van der Waals surface area contributed by atoms with Gasteiger partial charge in [-0.05, 0) is 53.4 Å². The Balaban J connectivity index is 3.80. The van der Waals surface area contributed by atoms with Gasteiger partial charge in [-0.15, -0.1) is 0 Å². The first kappa shape index (κ1) is 15.2. The van der Waals surface area contributed by atoms with E-state index in [1.807, 2.05) is 6.92 Å². The van der Waals surface area contributed by atoms with Gasteiger partial charge in [0.1, 0.15) is 0 Å². The van der Waals surface area contributed by atoms with Gasteiger partial charge < -0.3 is 5.11 Å². The number of hydrogen-bond donors (Lipinski definition) is 1. The minimum absolute atomic E-state index is 0.184. The molecular formula is C15H26O. The molecule has 1 nitrogen and oxygen atoms in total. The van der Waals surface area contributed by atoms with Gasteiger partial charge in [-0.1, -0.05) is 34.9 Å². The first-order chi connectivity index (χ1) is 7.60. The zero-order valence-corrected chi connectivity index (χ0v) is 11.2. The number of allylic oxidation sites excluding steroid dienone is 5. The van der Waals surface area contributed by atoms with Crippen LogP contribution < -0.4 is 0 Å². The summed E-state index contributed by atoms with van der Waals surface area (Å²) in [7, 11) is 0. The highest BCUT2D eigenvalue weighted by atomic mass is 16.3. The standard InChI is InChI=1S/C15H26O/c1-5-13(2)8-6-9-14(3)10-7-11-15(4)12-16/h5,9,11,16H,6-8,10,12H2,1-4H3. The fraction of sp³-hybridized carbons (Fsp3) is 0.600. The average Bonchev–Trinajstić information content (AvgIpc) is 2.28. The molecule has 0 rings (SSSR count). The molecule has 0 bridgehead atoms. The lowest BCUT2D eigenvalue weighted by molar-refractivity contribution is 0.331. The molecule has 0 aromatic carbocycles. The van der Waals surface area contributed by atoms with Crippen molar-refractivity contribution in [1.82, 2.24) is 0 Å². The molecule has 92 valence electrons. The van der Waals surface area contributed by atoms with Crippen molar-refractivity contribution in [2.75, 3.05) is 6.61 Å². The lowest BCUT2D eigenvalue weighted by Crippen LogP contribution is -1.84. The van der Waals surface area contributed by atoms with Gasteiger partial charge in [0.25, 0.3) is 0 Å². The van der Waals surface area contributed by atoms with Gasteiger partial charge in [0.05, 0.1) is 6.61 Å². The van der Waals surface area contributed by atoms with Crippen LogP contribution in [0.1, 0.15) is 53.4 Å². The van der Waals surface area contributed by atoms with Crippen molar-refractivity contribution in [3.8, 4) is 0 Å². The first-order valence-electron chi connectivity index (χ1n) is 6.14. The first-order valence-corrected chi connectivity index (χ1v) is 6.14. The van der Waals surface area contributed by atoms with Crippen molar-refractivity contribution in [3.05, 3.63) is 34.9 Å². The summed E-state index contributed by atoms with van der Waals surface area (Å²) in [6, 6.07) is 0. The van der Waals surface area contributed by atoms with Crippen LogP contribution in [-0.2, 0) is 0 Å². The summed E-state index contributed by atoms with van der Waals surface area (Å²) < 4.78 is 0. The smallest absolute Gasteiger partial charge is 0.0639 e. The second kappa shape index (κ2) is 9.41. The van der Waals surface area contributed by atoms with E-state index in [1.54, 1.807) is 0 Å². The highest BCUT2D eigenvalue weighted by Gasteiger charge is 1.91. The molecule has 1 heteroatoms. The Morgan fingerprint density at radius 2 is 1.38 bits per heavy atom. The van der Waals surface area contributed by atoms with Crippen LogP contribution in [0.2, 0.25) is 0 Å². The molecule has 0 heterocycles. The van der Waals surface area contributed by atoms with E-state index in [9.17, 15) is 0 Å². The summed E-state index contributed by atoms with van der Waals surface area (Å²) in [5, 5.41) is 8.84. The molecule has 0 aromatic heterocycles. The molecule has 0 aliphatic heterocycles. The van der Waals surface area contributed by atoms with Crippen molar-refractivity contribution < 1.29 is 5.11 Å². The maximum absolute atomic E-state index is 8.84. The van der Waals surface area contributed by atoms with Crippen molar-refractivity contribution in [2.45, 2.75) is 53.4 Å². The van der Waals surface area contributed by atoms with E-state index >= 15 is 0 Å². The summed E-state index contributed by atoms with van der Waals surface area (Å²) in [4.78, 5) is 0. The van der Waals surface area contributed by atoms with Gasteiger partial charge in [0, 0.05) is 0 Å². The third-order valence-corrected chi connectivity index (χ3v) is 2.81. The molecule has 0 aromatic rings. The van der Waals surface area contributed by atoms with Gasteiger partial charge in [-0.3, -0.25) is 0 Å². The van der Waals surface area contributed by atoms with Crippen molar-refractivity contribution >= 4 is 0 Å². The Morgan fingerprint density at radius 3 is 1.88 bits per heavy atom. The molecule has 0 unspecified atom stereocenters. The zero-order chi connectivity index (χ0) is 12.4. The molecule has 0 aliphatic carbocycles. The minimum atomic E-state index is 0.184. The van der Waals surface area contributed by atoms with Crippen LogP contribution in [0.25, 0.3) is 0 Å². The van der Waals surface area contributed by atoms with E-state index in [-0.39, 0.29) is 6.61 Å². The highest BCUT2D eigenvalue weighted by molar-refractivity contribution is 5.05. The topological polar surface area (TPSA) is 20.2 Å². The molecule has 0 saturated heterocycles. The Kier molecular flexibility index (Phi) is 8.93. The van der Waals surface area contributed by atoms with Crippen LogP contribution in [0.3, 0.4) is 0 Å². The summed E-state index contributed by atoms with van der Waals surface area (Å²) in [5.41, 5.74) is 3.98. The Hall–Kier alpha value is -0.820. The second-order valence-electron chi connectivity index (χ2n) is 4.47. The molecule has 0 fully saturated rings. The summed E-state index contributed by atoms with van der Waals surface area (Å²) >= 11 is 0. The number of hydrogen-bond acceptors (Lipinski definition) is 1. The lowest BCUT2D eigenvalue weighted by atomic mass is 10.1.